The molecule has 106 valence electrons. The van der Waals surface area contributed by atoms with Gasteiger partial charge in [-0.3, -0.25) is 4.79 Å². The van der Waals surface area contributed by atoms with Crippen LogP contribution in [0.2, 0.25) is 5.02 Å². The SMILES string of the molecule is O=C(NCCOCCO)c1cc(Cl)c2ccccc2n1. The van der Waals surface area contributed by atoms with Gasteiger partial charge < -0.3 is 15.2 Å². The molecular formula is C14H15ClN2O3. The van der Waals surface area contributed by atoms with E-state index in [-0.39, 0.29) is 24.8 Å². The zero-order chi connectivity index (χ0) is 14.4. The highest BCUT2D eigenvalue weighted by molar-refractivity contribution is 6.35. The highest BCUT2D eigenvalue weighted by atomic mass is 35.5. The van der Waals surface area contributed by atoms with Crippen molar-refractivity contribution in [1.82, 2.24) is 10.3 Å². The summed E-state index contributed by atoms with van der Waals surface area (Å²) in [6, 6.07) is 8.93. The zero-order valence-electron chi connectivity index (χ0n) is 10.8. The molecule has 2 rings (SSSR count). The Morgan fingerprint density at radius 3 is 2.95 bits per heavy atom. The third kappa shape index (κ3) is 3.66. The van der Waals surface area contributed by atoms with Crippen LogP contribution >= 0.6 is 11.6 Å². The first kappa shape index (κ1) is 14.7. The summed E-state index contributed by atoms with van der Waals surface area (Å²) < 4.78 is 5.05. The number of carbonyl (C=O) groups excluding carboxylic acids is 1. The average Bonchev–Trinajstić information content (AvgIpc) is 2.47. The van der Waals surface area contributed by atoms with Crippen LogP contribution < -0.4 is 5.32 Å². The third-order valence-corrected chi connectivity index (χ3v) is 2.98. The second kappa shape index (κ2) is 7.19. The van der Waals surface area contributed by atoms with Crippen LogP contribution in [0, 0.1) is 0 Å². The number of halogens is 1. The lowest BCUT2D eigenvalue weighted by Crippen LogP contribution is -2.28. The first-order valence-corrected chi connectivity index (χ1v) is 6.62. The number of amides is 1. The normalized spacial score (nSPS) is 10.7. The number of carbonyl (C=O) groups is 1. The molecule has 0 atom stereocenters. The minimum Gasteiger partial charge on any atom is -0.394 e. The maximum absolute atomic E-state index is 11.9. The number of nitrogens with one attached hydrogen (secondary N) is 1. The molecule has 0 bridgehead atoms. The van der Waals surface area contributed by atoms with Gasteiger partial charge in [-0.2, -0.15) is 0 Å². The number of para-hydroxylation sites is 1. The molecule has 0 aliphatic rings. The lowest BCUT2D eigenvalue weighted by atomic mass is 10.2. The Labute approximate surface area is 121 Å². The molecule has 0 aliphatic carbocycles. The number of aliphatic hydroxyl groups excluding tert-OH is 1. The van der Waals surface area contributed by atoms with Crippen LogP contribution in [0.5, 0.6) is 0 Å². The Kier molecular flexibility index (Phi) is 5.29. The van der Waals surface area contributed by atoms with Crippen LogP contribution in [0.1, 0.15) is 10.5 Å². The fourth-order valence-corrected chi connectivity index (χ4v) is 2.01. The van der Waals surface area contributed by atoms with Crippen molar-refractivity contribution in [2.45, 2.75) is 0 Å². The summed E-state index contributed by atoms with van der Waals surface area (Å²) in [5.74, 6) is -0.301. The summed E-state index contributed by atoms with van der Waals surface area (Å²) in [7, 11) is 0. The first-order chi connectivity index (χ1) is 9.72. The van der Waals surface area contributed by atoms with Crippen molar-refractivity contribution in [2.24, 2.45) is 0 Å². The van der Waals surface area contributed by atoms with Gasteiger partial charge in [0.05, 0.1) is 30.4 Å². The molecule has 0 spiro atoms. The van der Waals surface area contributed by atoms with E-state index in [1.54, 1.807) is 6.07 Å². The van der Waals surface area contributed by atoms with E-state index in [9.17, 15) is 4.79 Å². The van der Waals surface area contributed by atoms with Crippen molar-refractivity contribution in [2.75, 3.05) is 26.4 Å². The first-order valence-electron chi connectivity index (χ1n) is 6.24. The fraction of sp³-hybridized carbons (Fsp3) is 0.286. The number of aromatic nitrogens is 1. The van der Waals surface area contributed by atoms with E-state index >= 15 is 0 Å². The Morgan fingerprint density at radius 1 is 1.35 bits per heavy atom. The molecular weight excluding hydrogens is 280 g/mol. The summed E-state index contributed by atoms with van der Waals surface area (Å²) in [4.78, 5) is 16.2. The zero-order valence-corrected chi connectivity index (χ0v) is 11.6. The highest BCUT2D eigenvalue weighted by Crippen LogP contribution is 2.22. The number of benzene rings is 1. The van der Waals surface area contributed by atoms with E-state index in [4.69, 9.17) is 21.4 Å². The van der Waals surface area contributed by atoms with Gasteiger partial charge in [0.25, 0.3) is 5.91 Å². The lowest BCUT2D eigenvalue weighted by Gasteiger charge is -2.07. The minimum absolute atomic E-state index is 0.0320. The standard InChI is InChI=1S/C14H15ClN2O3/c15-11-9-13(14(19)16-5-7-20-8-6-18)17-12-4-2-1-3-10(11)12/h1-4,9,18H,5-8H2,(H,16,19). The molecule has 1 heterocycles. The summed E-state index contributed by atoms with van der Waals surface area (Å²) in [5, 5.41) is 12.5. The van der Waals surface area contributed by atoms with Crippen molar-refractivity contribution in [3.05, 3.63) is 41.0 Å². The number of nitrogens with zero attached hydrogens (tertiary/aromatic N) is 1. The van der Waals surface area contributed by atoms with Gasteiger partial charge in [-0.15, -0.1) is 0 Å². The van der Waals surface area contributed by atoms with Gasteiger partial charge in [-0.05, 0) is 12.1 Å². The van der Waals surface area contributed by atoms with Crippen molar-refractivity contribution in [3.63, 3.8) is 0 Å². The van der Waals surface area contributed by atoms with Gasteiger partial charge in [-0.25, -0.2) is 4.98 Å². The monoisotopic (exact) mass is 294 g/mol. The molecule has 0 aliphatic heterocycles. The maximum Gasteiger partial charge on any atom is 0.270 e. The molecule has 1 aromatic carbocycles. The van der Waals surface area contributed by atoms with Crippen LogP contribution in [0.25, 0.3) is 10.9 Å². The molecule has 20 heavy (non-hydrogen) atoms. The number of rotatable bonds is 6. The minimum atomic E-state index is -0.301. The van der Waals surface area contributed by atoms with Crippen LogP contribution in [-0.2, 0) is 4.74 Å². The van der Waals surface area contributed by atoms with Crippen molar-refractivity contribution < 1.29 is 14.6 Å². The smallest absolute Gasteiger partial charge is 0.270 e. The predicted molar refractivity (Wildman–Crippen MR) is 77.0 cm³/mol. The third-order valence-electron chi connectivity index (χ3n) is 2.67. The molecule has 2 N–H and O–H groups in total. The lowest BCUT2D eigenvalue weighted by molar-refractivity contribution is 0.0835. The van der Waals surface area contributed by atoms with E-state index in [2.05, 4.69) is 10.3 Å². The Balaban J connectivity index is 2.03. The van der Waals surface area contributed by atoms with Crippen LogP contribution in [0.4, 0.5) is 0 Å². The van der Waals surface area contributed by atoms with Crippen LogP contribution in [0.15, 0.2) is 30.3 Å². The van der Waals surface area contributed by atoms with Gasteiger partial charge in [0.15, 0.2) is 0 Å². The number of hydrogen-bond donors (Lipinski definition) is 2. The molecule has 2 aromatic rings. The summed E-state index contributed by atoms with van der Waals surface area (Å²) in [6.07, 6.45) is 0. The summed E-state index contributed by atoms with van der Waals surface area (Å²) in [6.45, 7) is 0.921. The Hall–Kier alpha value is -1.69. The molecule has 0 radical (unpaired) electrons. The Morgan fingerprint density at radius 2 is 2.15 bits per heavy atom. The number of fused-ring (bicyclic) bond motifs is 1. The maximum atomic E-state index is 11.9. The van der Waals surface area contributed by atoms with Gasteiger partial charge in [0, 0.05) is 11.9 Å². The largest absolute Gasteiger partial charge is 0.394 e. The fourth-order valence-electron chi connectivity index (χ4n) is 1.74. The highest BCUT2D eigenvalue weighted by Gasteiger charge is 2.10. The molecule has 1 amide bonds. The van der Waals surface area contributed by atoms with E-state index in [0.29, 0.717) is 23.7 Å². The molecule has 1 aromatic heterocycles. The van der Waals surface area contributed by atoms with Gasteiger partial charge in [-0.1, -0.05) is 29.8 Å². The van der Waals surface area contributed by atoms with Crippen LogP contribution in [0.3, 0.4) is 0 Å². The second-order valence-electron chi connectivity index (χ2n) is 4.10. The number of aliphatic hydroxyl groups is 1. The van der Waals surface area contributed by atoms with E-state index in [1.165, 1.54) is 0 Å². The average molecular weight is 295 g/mol. The summed E-state index contributed by atoms with van der Waals surface area (Å²) in [5.41, 5.74) is 0.956. The van der Waals surface area contributed by atoms with E-state index in [0.717, 1.165) is 5.39 Å². The predicted octanol–water partition coefficient (Wildman–Crippen LogP) is 1.63. The molecule has 0 saturated carbocycles. The second-order valence-corrected chi connectivity index (χ2v) is 4.51. The number of ether oxygens (including phenoxy) is 1. The molecule has 0 saturated heterocycles. The number of hydrogen-bond acceptors (Lipinski definition) is 4. The molecule has 0 unspecified atom stereocenters. The molecule has 5 nitrogen and oxygen atoms in total. The Bertz CT molecular complexity index is 604. The van der Waals surface area contributed by atoms with Gasteiger partial charge in [0.2, 0.25) is 0 Å². The quantitative estimate of drug-likeness (QED) is 0.794. The summed E-state index contributed by atoms with van der Waals surface area (Å²) >= 11 is 6.14. The van der Waals surface area contributed by atoms with E-state index < -0.39 is 0 Å². The van der Waals surface area contributed by atoms with Gasteiger partial charge >= 0.3 is 0 Å². The van der Waals surface area contributed by atoms with E-state index in [1.807, 2.05) is 24.3 Å². The molecule has 6 heteroatoms. The van der Waals surface area contributed by atoms with Gasteiger partial charge in [0.1, 0.15) is 5.69 Å². The molecule has 0 fully saturated rings. The van der Waals surface area contributed by atoms with Crippen molar-refractivity contribution in [1.29, 1.82) is 0 Å². The van der Waals surface area contributed by atoms with Crippen molar-refractivity contribution in [3.8, 4) is 0 Å². The van der Waals surface area contributed by atoms with Crippen LogP contribution in [-0.4, -0.2) is 42.4 Å². The number of pyridine rings is 1. The topological polar surface area (TPSA) is 71.5 Å². The van der Waals surface area contributed by atoms with Crippen molar-refractivity contribution >= 4 is 28.4 Å².